The summed E-state index contributed by atoms with van der Waals surface area (Å²) in [7, 11) is 0. The Labute approximate surface area is 188 Å². The number of ether oxygens (including phenoxy) is 1. The summed E-state index contributed by atoms with van der Waals surface area (Å²) in [6.07, 6.45) is 2.04. The van der Waals surface area contributed by atoms with E-state index in [9.17, 15) is 14.7 Å². The third-order valence-electron chi connectivity index (χ3n) is 7.01. The van der Waals surface area contributed by atoms with Gasteiger partial charge in [-0.25, -0.2) is 4.98 Å². The zero-order valence-electron chi connectivity index (χ0n) is 17.2. The molecule has 3 saturated carbocycles. The highest BCUT2D eigenvalue weighted by Crippen LogP contribution is 2.60. The molecule has 2 bridgehead atoms. The summed E-state index contributed by atoms with van der Waals surface area (Å²) in [5.41, 5.74) is -0.0488. The van der Waals surface area contributed by atoms with Gasteiger partial charge in [0.15, 0.2) is 6.10 Å². The summed E-state index contributed by atoms with van der Waals surface area (Å²) in [6, 6.07) is 4.99. The molecular formula is C22H23ClN4O5. The van der Waals surface area contributed by atoms with Crippen LogP contribution in [0.3, 0.4) is 0 Å². The molecule has 2 aromatic rings. The lowest BCUT2D eigenvalue weighted by molar-refractivity contribution is -0.147. The van der Waals surface area contributed by atoms with Crippen molar-refractivity contribution in [3.63, 3.8) is 0 Å². The first kappa shape index (κ1) is 20.0. The maximum atomic E-state index is 12.8. The van der Waals surface area contributed by atoms with E-state index in [1.807, 2.05) is 0 Å². The van der Waals surface area contributed by atoms with Gasteiger partial charge in [-0.2, -0.15) is 0 Å². The number of amides is 2. The summed E-state index contributed by atoms with van der Waals surface area (Å²) in [5.74, 6) is 0.989. The molecule has 2 aliphatic heterocycles. The lowest BCUT2D eigenvalue weighted by Gasteiger charge is -2.70. The quantitative estimate of drug-likeness (QED) is 0.534. The minimum atomic E-state index is -0.811. The monoisotopic (exact) mass is 458 g/mol. The zero-order chi connectivity index (χ0) is 22.1. The van der Waals surface area contributed by atoms with Crippen LogP contribution in [0.2, 0.25) is 5.02 Å². The summed E-state index contributed by atoms with van der Waals surface area (Å²) in [6.45, 7) is 1.63. The average molecular weight is 459 g/mol. The Morgan fingerprint density at radius 1 is 1.19 bits per heavy atom. The van der Waals surface area contributed by atoms with Gasteiger partial charge in [0, 0.05) is 41.2 Å². The highest BCUT2D eigenvalue weighted by Gasteiger charge is 2.69. The van der Waals surface area contributed by atoms with Crippen LogP contribution in [0.4, 0.5) is 0 Å². The van der Waals surface area contributed by atoms with Gasteiger partial charge in [0.1, 0.15) is 5.75 Å². The van der Waals surface area contributed by atoms with Gasteiger partial charge >= 0.3 is 0 Å². The predicted molar refractivity (Wildman–Crippen MR) is 112 cm³/mol. The lowest BCUT2D eigenvalue weighted by atomic mass is 9.44. The number of carbonyl (C=O) groups excluding carboxylic acids is 2. The highest BCUT2D eigenvalue weighted by atomic mass is 35.5. The normalized spacial score (nSPS) is 32.4. The van der Waals surface area contributed by atoms with Crippen LogP contribution >= 0.6 is 11.6 Å². The van der Waals surface area contributed by atoms with Crippen molar-refractivity contribution in [3.05, 3.63) is 46.6 Å². The van der Waals surface area contributed by atoms with Crippen LogP contribution in [-0.2, 0) is 4.79 Å². The molecule has 4 N–H and O–H groups in total. The molecule has 7 rings (SSSR count). The molecule has 0 unspecified atom stereocenters. The molecule has 1 aromatic heterocycles. The standard InChI is InChI=1S/C22H23ClN4O5/c23-12-1-2-15-13(3-12)14(28)4-16(31-15)18(29)26-21-8-22(9-21,10-21)27-19(30)17-7-25-20(32-17)11-5-24-6-11/h1-3,7,11,14,16,24,28H,4-6,8-10H2,(H,26,29)(H,27,30)/t14-,16-,21?,22?/m1/s1. The van der Waals surface area contributed by atoms with Crippen molar-refractivity contribution in [2.45, 2.75) is 54.9 Å². The lowest BCUT2D eigenvalue weighted by Crippen LogP contribution is -2.84. The molecule has 32 heavy (non-hydrogen) atoms. The second-order valence-corrected chi connectivity index (χ2v) is 9.93. The van der Waals surface area contributed by atoms with Gasteiger partial charge in [0.05, 0.1) is 18.2 Å². The summed E-state index contributed by atoms with van der Waals surface area (Å²) in [4.78, 5) is 29.6. The molecule has 4 fully saturated rings. The molecule has 168 valence electrons. The first-order valence-corrected chi connectivity index (χ1v) is 11.2. The Kier molecular flexibility index (Phi) is 4.34. The number of fused-ring (bicyclic) bond motifs is 1. The first-order valence-electron chi connectivity index (χ1n) is 10.8. The number of hydrogen-bond acceptors (Lipinski definition) is 7. The Balaban J connectivity index is 1.03. The van der Waals surface area contributed by atoms with E-state index >= 15 is 0 Å². The number of aliphatic hydroxyl groups is 1. The number of nitrogens with zero attached hydrogens (tertiary/aromatic N) is 1. The van der Waals surface area contributed by atoms with Crippen LogP contribution in [0.5, 0.6) is 5.75 Å². The van der Waals surface area contributed by atoms with Crippen molar-refractivity contribution in [1.82, 2.24) is 20.9 Å². The fraction of sp³-hybridized carbons (Fsp3) is 0.500. The van der Waals surface area contributed by atoms with Gasteiger partial charge in [-0.15, -0.1) is 0 Å². The van der Waals surface area contributed by atoms with E-state index in [2.05, 4.69) is 20.9 Å². The molecule has 2 amide bonds. The predicted octanol–water partition coefficient (Wildman–Crippen LogP) is 1.42. The van der Waals surface area contributed by atoms with Crippen LogP contribution in [0, 0.1) is 0 Å². The van der Waals surface area contributed by atoms with E-state index in [1.165, 1.54) is 6.20 Å². The van der Waals surface area contributed by atoms with Crippen molar-refractivity contribution in [1.29, 1.82) is 0 Å². The molecule has 1 aromatic carbocycles. The first-order chi connectivity index (χ1) is 15.3. The van der Waals surface area contributed by atoms with Crippen LogP contribution in [0.25, 0.3) is 0 Å². The minimum absolute atomic E-state index is 0.168. The van der Waals surface area contributed by atoms with Gasteiger partial charge in [-0.3, -0.25) is 9.59 Å². The molecule has 9 nitrogen and oxygen atoms in total. The van der Waals surface area contributed by atoms with Crippen LogP contribution in [-0.4, -0.2) is 52.2 Å². The van der Waals surface area contributed by atoms with Crippen LogP contribution in [0.1, 0.15) is 59.7 Å². The maximum Gasteiger partial charge on any atom is 0.289 e. The highest BCUT2D eigenvalue weighted by molar-refractivity contribution is 6.30. The van der Waals surface area contributed by atoms with Crippen molar-refractivity contribution >= 4 is 23.4 Å². The van der Waals surface area contributed by atoms with Crippen molar-refractivity contribution in [2.24, 2.45) is 0 Å². The maximum absolute atomic E-state index is 12.8. The third-order valence-corrected chi connectivity index (χ3v) is 7.24. The molecule has 3 aliphatic carbocycles. The Bertz CT molecular complexity index is 1090. The second kappa shape index (κ2) is 6.94. The van der Waals surface area contributed by atoms with E-state index in [-0.39, 0.29) is 41.0 Å². The van der Waals surface area contributed by atoms with Crippen molar-refractivity contribution < 1.29 is 23.8 Å². The van der Waals surface area contributed by atoms with Gasteiger partial charge in [-0.1, -0.05) is 11.6 Å². The number of oxazole rings is 1. The largest absolute Gasteiger partial charge is 0.480 e. The number of aromatic nitrogens is 1. The fourth-order valence-electron chi connectivity index (χ4n) is 5.32. The molecule has 0 radical (unpaired) electrons. The SMILES string of the molecule is O=C(NC12CC(NC(=O)[C@H]3C[C@@H](O)c4cc(Cl)ccc4O3)(C1)C2)c1cnc(C2CNC2)o1. The van der Waals surface area contributed by atoms with Gasteiger partial charge in [0.25, 0.3) is 11.8 Å². The Hall–Kier alpha value is -2.62. The van der Waals surface area contributed by atoms with Gasteiger partial charge in [-0.05, 0) is 37.5 Å². The number of aliphatic hydroxyl groups excluding tert-OH is 1. The smallest absolute Gasteiger partial charge is 0.289 e. The van der Waals surface area contributed by atoms with Crippen molar-refractivity contribution in [2.75, 3.05) is 13.1 Å². The second-order valence-electron chi connectivity index (χ2n) is 9.49. The molecule has 5 aliphatic rings. The fourth-order valence-corrected chi connectivity index (χ4v) is 5.50. The summed E-state index contributed by atoms with van der Waals surface area (Å²) < 4.78 is 11.4. The number of rotatable bonds is 5. The summed E-state index contributed by atoms with van der Waals surface area (Å²) in [5, 5.41) is 20.2. The number of nitrogens with one attached hydrogen (secondary N) is 3. The van der Waals surface area contributed by atoms with E-state index in [0.29, 0.717) is 41.5 Å². The third kappa shape index (κ3) is 3.18. The Morgan fingerprint density at radius 3 is 2.66 bits per heavy atom. The van der Waals surface area contributed by atoms with Gasteiger partial charge in [0.2, 0.25) is 11.7 Å². The molecule has 0 spiro atoms. The Morgan fingerprint density at radius 2 is 1.94 bits per heavy atom. The topological polar surface area (TPSA) is 126 Å². The molecule has 10 heteroatoms. The van der Waals surface area contributed by atoms with Crippen LogP contribution in [0.15, 0.2) is 28.8 Å². The van der Waals surface area contributed by atoms with E-state index in [0.717, 1.165) is 13.1 Å². The number of carbonyl (C=O) groups is 2. The van der Waals surface area contributed by atoms with Crippen molar-refractivity contribution in [3.8, 4) is 5.75 Å². The zero-order valence-corrected chi connectivity index (χ0v) is 17.9. The van der Waals surface area contributed by atoms with E-state index < -0.39 is 12.2 Å². The molecule has 1 saturated heterocycles. The number of hydrogen-bond donors (Lipinski definition) is 4. The number of benzene rings is 1. The molecular weight excluding hydrogens is 436 g/mol. The van der Waals surface area contributed by atoms with E-state index in [4.69, 9.17) is 20.8 Å². The molecule has 2 atom stereocenters. The number of halogens is 1. The van der Waals surface area contributed by atoms with E-state index in [1.54, 1.807) is 18.2 Å². The van der Waals surface area contributed by atoms with Gasteiger partial charge < -0.3 is 30.2 Å². The van der Waals surface area contributed by atoms with Crippen LogP contribution < -0.4 is 20.7 Å². The molecule has 3 heterocycles. The minimum Gasteiger partial charge on any atom is -0.480 e. The average Bonchev–Trinajstić information content (AvgIpc) is 3.13. The summed E-state index contributed by atoms with van der Waals surface area (Å²) >= 11 is 5.98.